The van der Waals surface area contributed by atoms with Gasteiger partial charge in [0.1, 0.15) is 0 Å². The molecule has 1 atom stereocenters. The van der Waals surface area contributed by atoms with E-state index >= 15 is 0 Å². The minimum atomic E-state index is -0.634. The Morgan fingerprint density at radius 2 is 1.91 bits per heavy atom. The number of amides is 1. The van der Waals surface area contributed by atoms with E-state index in [9.17, 15) is 14.4 Å². The Kier molecular flexibility index (Phi) is 7.19. The van der Waals surface area contributed by atoms with E-state index in [4.69, 9.17) is 0 Å². The van der Waals surface area contributed by atoms with Gasteiger partial charge in [-0.25, -0.2) is 0 Å². The third kappa shape index (κ3) is 6.06. The van der Waals surface area contributed by atoms with Crippen molar-refractivity contribution in [3.63, 3.8) is 0 Å². The van der Waals surface area contributed by atoms with Crippen molar-refractivity contribution >= 4 is 17.5 Å². The van der Waals surface area contributed by atoms with Crippen LogP contribution in [0.3, 0.4) is 0 Å². The molecule has 5 nitrogen and oxygen atoms in total. The molecular formula is C18H24N2O3. The number of hydrogen-bond acceptors (Lipinski definition) is 4. The second kappa shape index (κ2) is 8.88. The van der Waals surface area contributed by atoms with Gasteiger partial charge in [0, 0.05) is 17.8 Å². The summed E-state index contributed by atoms with van der Waals surface area (Å²) in [7, 11) is 0. The monoisotopic (exact) mass is 316 g/mol. The van der Waals surface area contributed by atoms with Gasteiger partial charge in [0.2, 0.25) is 5.78 Å². The fraction of sp³-hybridized carbons (Fsp3) is 0.389. The van der Waals surface area contributed by atoms with Gasteiger partial charge in [-0.1, -0.05) is 38.1 Å². The van der Waals surface area contributed by atoms with Crippen LogP contribution in [0.4, 0.5) is 0 Å². The first kappa shape index (κ1) is 18.6. The number of allylic oxidation sites excluding steroid dienone is 1. The molecule has 0 radical (unpaired) electrons. The average Bonchev–Trinajstić information content (AvgIpc) is 2.51. The Bertz CT molecular complexity index is 608. The number of ketones is 2. The molecular weight excluding hydrogens is 292 g/mol. The van der Waals surface area contributed by atoms with Gasteiger partial charge >= 0.3 is 0 Å². The molecule has 2 N–H and O–H groups in total. The van der Waals surface area contributed by atoms with E-state index in [0.717, 1.165) is 12.0 Å². The van der Waals surface area contributed by atoms with Crippen molar-refractivity contribution in [3.05, 3.63) is 47.7 Å². The van der Waals surface area contributed by atoms with Gasteiger partial charge < -0.3 is 10.6 Å². The Labute approximate surface area is 137 Å². The Morgan fingerprint density at radius 3 is 2.48 bits per heavy atom. The van der Waals surface area contributed by atoms with Crippen molar-refractivity contribution in [2.75, 3.05) is 0 Å². The van der Waals surface area contributed by atoms with E-state index in [-0.39, 0.29) is 12.3 Å². The third-order valence-electron chi connectivity index (χ3n) is 3.32. The Balaban J connectivity index is 2.67. The predicted octanol–water partition coefficient (Wildman–Crippen LogP) is 2.37. The van der Waals surface area contributed by atoms with Crippen LogP contribution in [0.5, 0.6) is 0 Å². The SMILES string of the molecule is C=C(C)NC(CCC)C(=O)C(=O)NCc1cccc(C(C)=O)c1. The largest absolute Gasteiger partial charge is 0.379 e. The van der Waals surface area contributed by atoms with Crippen LogP contribution in [-0.4, -0.2) is 23.5 Å². The highest BCUT2D eigenvalue weighted by Gasteiger charge is 2.24. The summed E-state index contributed by atoms with van der Waals surface area (Å²) < 4.78 is 0. The van der Waals surface area contributed by atoms with Crippen LogP contribution in [0.25, 0.3) is 0 Å². The van der Waals surface area contributed by atoms with Crippen LogP contribution in [0.2, 0.25) is 0 Å². The summed E-state index contributed by atoms with van der Waals surface area (Å²) in [5.41, 5.74) is 2.01. The van der Waals surface area contributed by atoms with Crippen LogP contribution in [0, 0.1) is 0 Å². The summed E-state index contributed by atoms with van der Waals surface area (Å²) >= 11 is 0. The molecule has 124 valence electrons. The number of hydrogen-bond donors (Lipinski definition) is 2. The first-order valence-electron chi connectivity index (χ1n) is 7.69. The highest BCUT2D eigenvalue weighted by molar-refractivity contribution is 6.38. The van der Waals surface area contributed by atoms with Gasteiger partial charge in [-0.3, -0.25) is 14.4 Å². The standard InChI is InChI=1S/C18H24N2O3/c1-5-7-16(20-12(2)3)17(22)18(23)19-11-14-8-6-9-15(10-14)13(4)21/h6,8-10,16,20H,2,5,7,11H2,1,3-4H3,(H,19,23). The van der Waals surface area contributed by atoms with E-state index in [0.29, 0.717) is 17.7 Å². The predicted molar refractivity (Wildman–Crippen MR) is 89.9 cm³/mol. The molecule has 5 heteroatoms. The molecule has 1 aromatic rings. The summed E-state index contributed by atoms with van der Waals surface area (Å²) in [5.74, 6) is -1.18. The van der Waals surface area contributed by atoms with Gasteiger partial charge in [-0.05, 0) is 31.9 Å². The van der Waals surface area contributed by atoms with E-state index in [1.165, 1.54) is 6.92 Å². The molecule has 1 rings (SSSR count). The van der Waals surface area contributed by atoms with E-state index in [2.05, 4.69) is 17.2 Å². The fourth-order valence-electron chi connectivity index (χ4n) is 2.18. The van der Waals surface area contributed by atoms with Crippen LogP contribution in [0.15, 0.2) is 36.5 Å². The lowest BCUT2D eigenvalue weighted by atomic mass is 10.1. The first-order valence-corrected chi connectivity index (χ1v) is 7.69. The van der Waals surface area contributed by atoms with E-state index in [1.54, 1.807) is 31.2 Å². The number of carbonyl (C=O) groups is 3. The molecule has 0 bridgehead atoms. The van der Waals surface area contributed by atoms with Crippen LogP contribution >= 0.6 is 0 Å². The quantitative estimate of drug-likeness (QED) is 0.542. The first-order chi connectivity index (χ1) is 10.8. The maximum Gasteiger partial charge on any atom is 0.289 e. The number of benzene rings is 1. The molecule has 23 heavy (non-hydrogen) atoms. The highest BCUT2D eigenvalue weighted by Crippen LogP contribution is 2.06. The molecule has 0 aliphatic rings. The van der Waals surface area contributed by atoms with Crippen molar-refractivity contribution in [1.82, 2.24) is 10.6 Å². The van der Waals surface area contributed by atoms with Crippen molar-refractivity contribution in [1.29, 1.82) is 0 Å². The smallest absolute Gasteiger partial charge is 0.289 e. The number of rotatable bonds is 9. The molecule has 0 spiro atoms. The highest BCUT2D eigenvalue weighted by atomic mass is 16.2. The maximum atomic E-state index is 12.2. The van der Waals surface area contributed by atoms with Crippen molar-refractivity contribution in [2.45, 2.75) is 46.2 Å². The average molecular weight is 316 g/mol. The maximum absolute atomic E-state index is 12.2. The second-order valence-electron chi connectivity index (χ2n) is 5.57. The normalized spacial score (nSPS) is 11.4. The summed E-state index contributed by atoms with van der Waals surface area (Å²) in [4.78, 5) is 35.6. The zero-order valence-electron chi connectivity index (χ0n) is 13.9. The van der Waals surface area contributed by atoms with Gasteiger partial charge in [-0.15, -0.1) is 0 Å². The van der Waals surface area contributed by atoms with Crippen LogP contribution in [-0.2, 0) is 16.1 Å². The Hall–Kier alpha value is -2.43. The summed E-state index contributed by atoms with van der Waals surface area (Å²) in [5, 5.41) is 5.54. The number of carbonyl (C=O) groups excluding carboxylic acids is 3. The summed E-state index contributed by atoms with van der Waals surface area (Å²) in [6.45, 7) is 9.10. The van der Waals surface area contributed by atoms with Crippen molar-refractivity contribution in [3.8, 4) is 0 Å². The lowest BCUT2D eigenvalue weighted by molar-refractivity contribution is -0.139. The zero-order valence-corrected chi connectivity index (χ0v) is 13.9. The topological polar surface area (TPSA) is 75.3 Å². The summed E-state index contributed by atoms with van der Waals surface area (Å²) in [6.07, 6.45) is 1.35. The summed E-state index contributed by atoms with van der Waals surface area (Å²) in [6, 6.07) is 6.42. The molecule has 0 saturated carbocycles. The Morgan fingerprint density at radius 1 is 1.22 bits per heavy atom. The zero-order chi connectivity index (χ0) is 17.4. The number of nitrogens with one attached hydrogen (secondary N) is 2. The van der Waals surface area contributed by atoms with E-state index in [1.807, 2.05) is 6.92 Å². The molecule has 0 aromatic heterocycles. The minimum Gasteiger partial charge on any atom is -0.379 e. The van der Waals surface area contributed by atoms with Gasteiger partial charge in [0.15, 0.2) is 5.78 Å². The molecule has 0 saturated heterocycles. The lowest BCUT2D eigenvalue weighted by Crippen LogP contribution is -2.44. The molecule has 0 aliphatic carbocycles. The van der Waals surface area contributed by atoms with Crippen LogP contribution in [0.1, 0.15) is 49.5 Å². The molecule has 1 amide bonds. The lowest BCUT2D eigenvalue weighted by Gasteiger charge is -2.17. The fourth-order valence-corrected chi connectivity index (χ4v) is 2.18. The molecule has 0 heterocycles. The van der Waals surface area contributed by atoms with Crippen molar-refractivity contribution in [2.24, 2.45) is 0 Å². The van der Waals surface area contributed by atoms with Gasteiger partial charge in [-0.2, -0.15) is 0 Å². The second-order valence-corrected chi connectivity index (χ2v) is 5.57. The van der Waals surface area contributed by atoms with E-state index < -0.39 is 17.7 Å². The minimum absolute atomic E-state index is 0.0390. The molecule has 0 aliphatic heterocycles. The van der Waals surface area contributed by atoms with Gasteiger partial charge in [0.05, 0.1) is 6.04 Å². The number of Topliss-reactive ketones (excluding diaryl/α,β-unsaturated/α-hetero) is 2. The van der Waals surface area contributed by atoms with Gasteiger partial charge in [0.25, 0.3) is 5.91 Å². The van der Waals surface area contributed by atoms with Crippen molar-refractivity contribution < 1.29 is 14.4 Å². The molecule has 0 fully saturated rings. The molecule has 1 unspecified atom stereocenters. The van der Waals surface area contributed by atoms with Crippen LogP contribution < -0.4 is 10.6 Å². The third-order valence-corrected chi connectivity index (χ3v) is 3.32. The molecule has 1 aromatic carbocycles.